The molecule has 0 amide bonds. The maximum Gasteiger partial charge on any atom is 0.167 e. The monoisotopic (exact) mass is 299 g/mol. The average molecular weight is 299 g/mol. The van der Waals surface area contributed by atoms with E-state index in [-0.39, 0.29) is 6.10 Å². The second-order valence-corrected chi connectivity index (χ2v) is 5.22. The van der Waals surface area contributed by atoms with Gasteiger partial charge in [-0.25, -0.2) is 0 Å². The van der Waals surface area contributed by atoms with E-state index in [0.29, 0.717) is 13.2 Å². The van der Waals surface area contributed by atoms with Crippen molar-refractivity contribution in [2.45, 2.75) is 12.7 Å². The van der Waals surface area contributed by atoms with Gasteiger partial charge in [-0.1, -0.05) is 42.5 Å². The second kappa shape index (κ2) is 7.29. The fraction of sp³-hybridized carbons (Fsp3) is 0.333. The zero-order chi connectivity index (χ0) is 15.2. The van der Waals surface area contributed by atoms with Crippen LogP contribution in [0.2, 0.25) is 0 Å². The third kappa shape index (κ3) is 3.40. The van der Waals surface area contributed by atoms with Crippen molar-refractivity contribution in [2.24, 2.45) is 0 Å². The number of ether oxygens (including phenoxy) is 3. The van der Waals surface area contributed by atoms with Crippen LogP contribution >= 0.6 is 0 Å². The van der Waals surface area contributed by atoms with Crippen LogP contribution in [0.3, 0.4) is 0 Å². The molecule has 1 saturated heterocycles. The minimum atomic E-state index is -0.00498. The maximum atomic E-state index is 6.07. The third-order valence-electron chi connectivity index (χ3n) is 3.73. The molecule has 0 bridgehead atoms. The first-order valence-corrected chi connectivity index (χ1v) is 7.54. The standard InChI is InChI=1S/C18H21NO3/c1-20-16-9-5-8-15(17-12-19-10-11-21-17)18(16)22-13-14-6-3-2-4-7-14/h2-9,17,19H,10-13H2,1H3. The number of morpholine rings is 1. The smallest absolute Gasteiger partial charge is 0.167 e. The summed E-state index contributed by atoms with van der Waals surface area (Å²) in [5.74, 6) is 1.50. The average Bonchev–Trinajstić information content (AvgIpc) is 2.61. The number of hydrogen-bond acceptors (Lipinski definition) is 4. The molecule has 0 radical (unpaired) electrons. The Labute approximate surface area is 131 Å². The van der Waals surface area contributed by atoms with Crippen LogP contribution in [0, 0.1) is 0 Å². The summed E-state index contributed by atoms with van der Waals surface area (Å²) >= 11 is 0. The molecule has 1 aliphatic heterocycles. The van der Waals surface area contributed by atoms with Gasteiger partial charge < -0.3 is 19.5 Å². The van der Waals surface area contributed by atoms with Gasteiger partial charge >= 0.3 is 0 Å². The molecule has 22 heavy (non-hydrogen) atoms. The van der Waals surface area contributed by atoms with Crippen LogP contribution in [-0.4, -0.2) is 26.8 Å². The first-order valence-electron chi connectivity index (χ1n) is 7.54. The van der Waals surface area contributed by atoms with Crippen molar-refractivity contribution in [1.29, 1.82) is 0 Å². The largest absolute Gasteiger partial charge is 0.493 e. The molecule has 116 valence electrons. The van der Waals surface area contributed by atoms with Crippen LogP contribution in [0.5, 0.6) is 11.5 Å². The molecule has 1 N–H and O–H groups in total. The van der Waals surface area contributed by atoms with E-state index in [2.05, 4.69) is 5.32 Å². The van der Waals surface area contributed by atoms with Crippen LogP contribution in [0.15, 0.2) is 48.5 Å². The molecule has 3 rings (SSSR count). The summed E-state index contributed by atoms with van der Waals surface area (Å²) in [6.07, 6.45) is -0.00498. The molecule has 1 unspecified atom stereocenters. The van der Waals surface area contributed by atoms with Gasteiger partial charge in [-0.15, -0.1) is 0 Å². The molecular formula is C18H21NO3. The number of methoxy groups -OCH3 is 1. The van der Waals surface area contributed by atoms with E-state index in [9.17, 15) is 0 Å². The number of para-hydroxylation sites is 1. The van der Waals surface area contributed by atoms with E-state index in [4.69, 9.17) is 14.2 Å². The molecule has 0 spiro atoms. The summed E-state index contributed by atoms with van der Waals surface area (Å²) in [6.45, 7) is 2.89. The summed E-state index contributed by atoms with van der Waals surface area (Å²) < 4.78 is 17.4. The molecule has 2 aromatic rings. The predicted molar refractivity (Wildman–Crippen MR) is 85.3 cm³/mol. The van der Waals surface area contributed by atoms with Crippen molar-refractivity contribution < 1.29 is 14.2 Å². The molecular weight excluding hydrogens is 278 g/mol. The molecule has 4 nitrogen and oxygen atoms in total. The highest BCUT2D eigenvalue weighted by atomic mass is 16.5. The highest BCUT2D eigenvalue weighted by Crippen LogP contribution is 2.37. The Hall–Kier alpha value is -2.04. The fourth-order valence-electron chi connectivity index (χ4n) is 2.60. The van der Waals surface area contributed by atoms with E-state index in [1.54, 1.807) is 7.11 Å². The van der Waals surface area contributed by atoms with Crippen molar-refractivity contribution in [3.8, 4) is 11.5 Å². The Morgan fingerprint density at radius 3 is 2.73 bits per heavy atom. The molecule has 2 aromatic carbocycles. The van der Waals surface area contributed by atoms with Crippen molar-refractivity contribution in [3.05, 3.63) is 59.7 Å². The first-order chi connectivity index (χ1) is 10.9. The summed E-state index contributed by atoms with van der Waals surface area (Å²) in [7, 11) is 1.66. The predicted octanol–water partition coefficient (Wildman–Crippen LogP) is 2.94. The zero-order valence-electron chi connectivity index (χ0n) is 12.7. The molecule has 1 atom stereocenters. The van der Waals surface area contributed by atoms with Crippen molar-refractivity contribution in [2.75, 3.05) is 26.8 Å². The van der Waals surface area contributed by atoms with E-state index in [1.807, 2.05) is 48.5 Å². The quantitative estimate of drug-likeness (QED) is 0.921. The molecule has 0 saturated carbocycles. The number of benzene rings is 2. The molecule has 4 heteroatoms. The van der Waals surface area contributed by atoms with Gasteiger partial charge in [0, 0.05) is 18.7 Å². The Bertz CT molecular complexity index is 595. The summed E-state index contributed by atoms with van der Waals surface area (Å²) in [5, 5.41) is 3.35. The van der Waals surface area contributed by atoms with Crippen molar-refractivity contribution in [3.63, 3.8) is 0 Å². The fourth-order valence-corrected chi connectivity index (χ4v) is 2.60. The van der Waals surface area contributed by atoms with Crippen molar-refractivity contribution >= 4 is 0 Å². The van der Waals surface area contributed by atoms with Gasteiger partial charge in [0.15, 0.2) is 11.5 Å². The van der Waals surface area contributed by atoms with Crippen LogP contribution in [0.1, 0.15) is 17.2 Å². The molecule has 1 heterocycles. The summed E-state index contributed by atoms with van der Waals surface area (Å²) in [5.41, 5.74) is 2.16. The number of hydrogen-bond donors (Lipinski definition) is 1. The van der Waals surface area contributed by atoms with Gasteiger partial charge in [0.05, 0.1) is 19.8 Å². The highest BCUT2D eigenvalue weighted by Gasteiger charge is 2.22. The Balaban J connectivity index is 1.83. The van der Waals surface area contributed by atoms with Gasteiger partial charge in [-0.05, 0) is 11.6 Å². The minimum absolute atomic E-state index is 0.00498. The molecule has 1 aliphatic rings. The minimum Gasteiger partial charge on any atom is -0.493 e. The van der Waals surface area contributed by atoms with Gasteiger partial charge in [0.1, 0.15) is 6.61 Å². The van der Waals surface area contributed by atoms with E-state index < -0.39 is 0 Å². The Kier molecular flexibility index (Phi) is 4.93. The summed E-state index contributed by atoms with van der Waals surface area (Å²) in [4.78, 5) is 0. The van der Waals surface area contributed by atoms with Crippen LogP contribution < -0.4 is 14.8 Å². The third-order valence-corrected chi connectivity index (χ3v) is 3.73. The van der Waals surface area contributed by atoms with Crippen LogP contribution in [-0.2, 0) is 11.3 Å². The van der Waals surface area contributed by atoms with Gasteiger partial charge in [-0.2, -0.15) is 0 Å². The van der Waals surface area contributed by atoms with Gasteiger partial charge in [0.25, 0.3) is 0 Å². The Morgan fingerprint density at radius 2 is 2.00 bits per heavy atom. The highest BCUT2D eigenvalue weighted by molar-refractivity contribution is 5.48. The topological polar surface area (TPSA) is 39.7 Å². The lowest BCUT2D eigenvalue weighted by Crippen LogP contribution is -2.33. The molecule has 0 aliphatic carbocycles. The van der Waals surface area contributed by atoms with Gasteiger partial charge in [0.2, 0.25) is 0 Å². The van der Waals surface area contributed by atoms with Crippen LogP contribution in [0.4, 0.5) is 0 Å². The van der Waals surface area contributed by atoms with Crippen molar-refractivity contribution in [1.82, 2.24) is 5.32 Å². The molecule has 1 fully saturated rings. The lowest BCUT2D eigenvalue weighted by molar-refractivity contribution is 0.0255. The second-order valence-electron chi connectivity index (χ2n) is 5.22. The zero-order valence-corrected chi connectivity index (χ0v) is 12.7. The SMILES string of the molecule is COc1cccc(C2CNCCO2)c1OCc1ccccc1. The maximum absolute atomic E-state index is 6.07. The van der Waals surface area contributed by atoms with E-state index in [0.717, 1.165) is 35.7 Å². The number of rotatable bonds is 5. The lowest BCUT2D eigenvalue weighted by atomic mass is 10.1. The number of nitrogens with one attached hydrogen (secondary N) is 1. The molecule has 0 aromatic heterocycles. The van der Waals surface area contributed by atoms with Crippen LogP contribution in [0.25, 0.3) is 0 Å². The van der Waals surface area contributed by atoms with E-state index in [1.165, 1.54) is 0 Å². The first kappa shape index (κ1) is 14.9. The Morgan fingerprint density at radius 1 is 1.14 bits per heavy atom. The lowest BCUT2D eigenvalue weighted by Gasteiger charge is -2.26. The normalized spacial score (nSPS) is 18.0. The summed E-state index contributed by atoms with van der Waals surface area (Å²) in [6, 6.07) is 16.1. The van der Waals surface area contributed by atoms with E-state index >= 15 is 0 Å². The van der Waals surface area contributed by atoms with Gasteiger partial charge in [-0.3, -0.25) is 0 Å².